The lowest BCUT2D eigenvalue weighted by atomic mass is 10.1. The van der Waals surface area contributed by atoms with Crippen LogP contribution in [0.1, 0.15) is 30.0 Å². The molecular formula is C15H19N3O2. The van der Waals surface area contributed by atoms with E-state index in [9.17, 15) is 9.59 Å². The van der Waals surface area contributed by atoms with Crippen LogP contribution in [0.5, 0.6) is 0 Å². The van der Waals surface area contributed by atoms with Crippen LogP contribution in [0.4, 0.5) is 5.69 Å². The number of anilines is 1. The topological polar surface area (TPSA) is 66.6 Å². The number of aryl methyl sites for hydroxylation is 1. The monoisotopic (exact) mass is 273 g/mol. The number of nitrogens with two attached hydrogens (primary N) is 1. The Kier molecular flexibility index (Phi) is 3.22. The summed E-state index contributed by atoms with van der Waals surface area (Å²) in [4.78, 5) is 27.8. The van der Waals surface area contributed by atoms with Crippen molar-refractivity contribution in [1.82, 2.24) is 4.90 Å². The molecule has 1 aromatic rings. The molecule has 2 heterocycles. The summed E-state index contributed by atoms with van der Waals surface area (Å²) in [5.74, 6) is -0.172. The van der Waals surface area contributed by atoms with Crippen molar-refractivity contribution in [2.24, 2.45) is 5.73 Å². The van der Waals surface area contributed by atoms with Gasteiger partial charge in [0.2, 0.25) is 11.8 Å². The standard InChI is InChI=1S/C15H19N3O2/c1-10-4-5-12-11(8-10)14(16)15(20)18(12)9-13(19)17-6-2-3-7-17/h4-5,8,14H,2-3,6-7,9,16H2,1H3. The predicted octanol–water partition coefficient (Wildman–Crippen LogP) is 0.964. The van der Waals surface area contributed by atoms with Crippen LogP contribution in [0.2, 0.25) is 0 Å². The molecule has 0 aromatic heterocycles. The lowest BCUT2D eigenvalue weighted by Crippen LogP contribution is -2.41. The van der Waals surface area contributed by atoms with Crippen molar-refractivity contribution in [2.75, 3.05) is 24.5 Å². The van der Waals surface area contributed by atoms with E-state index in [4.69, 9.17) is 5.73 Å². The molecule has 1 saturated heterocycles. The molecule has 0 saturated carbocycles. The second-order valence-corrected chi connectivity index (χ2v) is 5.55. The third kappa shape index (κ3) is 2.08. The molecule has 20 heavy (non-hydrogen) atoms. The van der Waals surface area contributed by atoms with Gasteiger partial charge in [-0.05, 0) is 25.8 Å². The van der Waals surface area contributed by atoms with E-state index in [2.05, 4.69) is 0 Å². The number of carbonyl (C=O) groups is 2. The van der Waals surface area contributed by atoms with Crippen LogP contribution in [0.3, 0.4) is 0 Å². The third-order valence-electron chi connectivity index (χ3n) is 4.09. The van der Waals surface area contributed by atoms with E-state index in [1.54, 1.807) is 0 Å². The van der Waals surface area contributed by atoms with Gasteiger partial charge in [0.25, 0.3) is 0 Å². The summed E-state index contributed by atoms with van der Waals surface area (Å²) < 4.78 is 0. The van der Waals surface area contributed by atoms with Crippen LogP contribution in [0.15, 0.2) is 18.2 Å². The van der Waals surface area contributed by atoms with E-state index in [-0.39, 0.29) is 18.4 Å². The molecular weight excluding hydrogens is 254 g/mol. The van der Waals surface area contributed by atoms with Gasteiger partial charge < -0.3 is 15.5 Å². The predicted molar refractivity (Wildman–Crippen MR) is 76.3 cm³/mol. The molecule has 0 spiro atoms. The van der Waals surface area contributed by atoms with Gasteiger partial charge in [-0.1, -0.05) is 17.7 Å². The van der Waals surface area contributed by atoms with E-state index in [1.165, 1.54) is 4.90 Å². The van der Waals surface area contributed by atoms with Crippen LogP contribution in [-0.4, -0.2) is 36.3 Å². The van der Waals surface area contributed by atoms with Crippen LogP contribution < -0.4 is 10.6 Å². The maximum absolute atomic E-state index is 12.3. The van der Waals surface area contributed by atoms with Crippen molar-refractivity contribution in [3.63, 3.8) is 0 Å². The van der Waals surface area contributed by atoms with Gasteiger partial charge in [-0.25, -0.2) is 0 Å². The number of benzene rings is 1. The Morgan fingerprint density at radius 2 is 2.05 bits per heavy atom. The Balaban J connectivity index is 1.83. The number of nitrogens with zero attached hydrogens (tertiary/aromatic N) is 2. The molecule has 2 N–H and O–H groups in total. The first-order chi connectivity index (χ1) is 9.58. The average Bonchev–Trinajstić information content (AvgIpc) is 3.03. The first kappa shape index (κ1) is 13.1. The minimum absolute atomic E-state index is 0.0106. The van der Waals surface area contributed by atoms with E-state index in [1.807, 2.05) is 30.0 Å². The zero-order valence-electron chi connectivity index (χ0n) is 11.6. The maximum Gasteiger partial charge on any atom is 0.249 e. The maximum atomic E-state index is 12.3. The normalized spacial score (nSPS) is 21.5. The van der Waals surface area contributed by atoms with Crippen LogP contribution in [-0.2, 0) is 9.59 Å². The highest BCUT2D eigenvalue weighted by Crippen LogP contribution is 2.35. The Morgan fingerprint density at radius 1 is 1.35 bits per heavy atom. The molecule has 5 heteroatoms. The minimum atomic E-state index is -0.642. The van der Waals surface area contributed by atoms with Crippen molar-refractivity contribution in [1.29, 1.82) is 0 Å². The highest BCUT2D eigenvalue weighted by Gasteiger charge is 2.36. The van der Waals surface area contributed by atoms with Crippen molar-refractivity contribution in [3.8, 4) is 0 Å². The summed E-state index contributed by atoms with van der Waals surface area (Å²) in [6, 6.07) is 5.11. The minimum Gasteiger partial charge on any atom is -0.341 e. The molecule has 2 aliphatic rings. The molecule has 1 aromatic carbocycles. The van der Waals surface area contributed by atoms with Crippen molar-refractivity contribution < 1.29 is 9.59 Å². The third-order valence-corrected chi connectivity index (χ3v) is 4.09. The smallest absolute Gasteiger partial charge is 0.249 e. The number of amides is 2. The van der Waals surface area contributed by atoms with Gasteiger partial charge in [-0.2, -0.15) is 0 Å². The fraction of sp³-hybridized carbons (Fsp3) is 0.467. The number of carbonyl (C=O) groups excluding carboxylic acids is 2. The highest BCUT2D eigenvalue weighted by molar-refractivity contribution is 6.07. The van der Waals surface area contributed by atoms with Crippen molar-refractivity contribution >= 4 is 17.5 Å². The molecule has 0 aliphatic carbocycles. The number of hydrogen-bond donors (Lipinski definition) is 1. The number of likely N-dealkylation sites (tertiary alicyclic amines) is 1. The molecule has 0 radical (unpaired) electrons. The van der Waals surface area contributed by atoms with E-state index in [0.29, 0.717) is 0 Å². The Hall–Kier alpha value is -1.88. The van der Waals surface area contributed by atoms with Crippen molar-refractivity contribution in [3.05, 3.63) is 29.3 Å². The summed E-state index contributed by atoms with van der Waals surface area (Å²) in [7, 11) is 0. The summed E-state index contributed by atoms with van der Waals surface area (Å²) >= 11 is 0. The van der Waals surface area contributed by atoms with Gasteiger partial charge in [0.15, 0.2) is 0 Å². The molecule has 3 rings (SSSR count). The molecule has 2 aliphatic heterocycles. The van der Waals surface area contributed by atoms with Gasteiger partial charge in [-0.3, -0.25) is 9.59 Å². The Morgan fingerprint density at radius 3 is 2.75 bits per heavy atom. The summed E-state index contributed by atoms with van der Waals surface area (Å²) in [5, 5.41) is 0. The summed E-state index contributed by atoms with van der Waals surface area (Å²) in [6.07, 6.45) is 2.10. The molecule has 0 bridgehead atoms. The highest BCUT2D eigenvalue weighted by atomic mass is 16.2. The van der Waals surface area contributed by atoms with Gasteiger partial charge >= 0.3 is 0 Å². The SMILES string of the molecule is Cc1ccc2c(c1)C(N)C(=O)N2CC(=O)N1CCCC1. The average molecular weight is 273 g/mol. The number of hydrogen-bond acceptors (Lipinski definition) is 3. The summed E-state index contributed by atoms with van der Waals surface area (Å²) in [5.41, 5.74) is 8.63. The zero-order chi connectivity index (χ0) is 14.3. The molecule has 106 valence electrons. The van der Waals surface area contributed by atoms with E-state index >= 15 is 0 Å². The molecule has 2 amide bonds. The second-order valence-electron chi connectivity index (χ2n) is 5.55. The van der Waals surface area contributed by atoms with Gasteiger partial charge in [0.1, 0.15) is 12.6 Å². The summed E-state index contributed by atoms with van der Waals surface area (Å²) in [6.45, 7) is 3.67. The van der Waals surface area contributed by atoms with Crippen LogP contribution in [0, 0.1) is 6.92 Å². The van der Waals surface area contributed by atoms with Crippen molar-refractivity contribution in [2.45, 2.75) is 25.8 Å². The zero-order valence-corrected chi connectivity index (χ0v) is 11.6. The fourth-order valence-corrected chi connectivity index (χ4v) is 2.95. The fourth-order valence-electron chi connectivity index (χ4n) is 2.95. The van der Waals surface area contributed by atoms with Gasteiger partial charge in [0.05, 0.1) is 0 Å². The molecule has 5 nitrogen and oxygen atoms in total. The number of rotatable bonds is 2. The quantitative estimate of drug-likeness (QED) is 0.873. The first-order valence-corrected chi connectivity index (χ1v) is 7.03. The number of fused-ring (bicyclic) bond motifs is 1. The van der Waals surface area contributed by atoms with E-state index in [0.717, 1.165) is 42.7 Å². The molecule has 1 atom stereocenters. The Labute approximate surface area is 118 Å². The van der Waals surface area contributed by atoms with E-state index < -0.39 is 6.04 Å². The largest absolute Gasteiger partial charge is 0.341 e. The lowest BCUT2D eigenvalue weighted by Gasteiger charge is -2.21. The molecule has 1 fully saturated rings. The lowest BCUT2D eigenvalue weighted by molar-refractivity contribution is -0.130. The van der Waals surface area contributed by atoms with Gasteiger partial charge in [0, 0.05) is 24.3 Å². The van der Waals surface area contributed by atoms with Crippen LogP contribution >= 0.6 is 0 Å². The van der Waals surface area contributed by atoms with Crippen LogP contribution in [0.25, 0.3) is 0 Å². The molecule has 1 unspecified atom stereocenters. The van der Waals surface area contributed by atoms with Gasteiger partial charge in [-0.15, -0.1) is 0 Å². The second kappa shape index (κ2) is 4.90. The Bertz CT molecular complexity index is 564. The first-order valence-electron chi connectivity index (χ1n) is 7.03.